The Kier molecular flexibility index (Phi) is 5.17. The molecule has 2 aromatic rings. The van der Waals surface area contributed by atoms with E-state index in [0.717, 1.165) is 11.8 Å². The van der Waals surface area contributed by atoms with Gasteiger partial charge < -0.3 is 19.7 Å². The van der Waals surface area contributed by atoms with Gasteiger partial charge in [0.15, 0.2) is 0 Å². The van der Waals surface area contributed by atoms with E-state index in [1.54, 1.807) is 12.1 Å². The number of H-pyrrole nitrogens is 1. The van der Waals surface area contributed by atoms with Crippen LogP contribution in [0.1, 0.15) is 29.3 Å². The molecule has 0 bridgehead atoms. The summed E-state index contributed by atoms with van der Waals surface area (Å²) in [5.41, 5.74) is -1.52. The van der Waals surface area contributed by atoms with Gasteiger partial charge in [-0.15, -0.1) is 0 Å². The Labute approximate surface area is 151 Å². The maximum atomic E-state index is 13.5. The minimum atomic E-state index is -4.83. The molecule has 0 saturated carbocycles. The minimum absolute atomic E-state index is 0.0542. The zero-order valence-corrected chi connectivity index (χ0v) is 14.0. The molecule has 1 atom stereocenters. The molecular formula is C17H16F3N3O4. The molecule has 1 unspecified atom stereocenters. The number of nitrogens with one attached hydrogen (secondary N) is 1. The highest BCUT2D eigenvalue weighted by Crippen LogP contribution is 2.41. The molecule has 0 aliphatic carbocycles. The maximum absolute atomic E-state index is 13.5. The first kappa shape index (κ1) is 18.9. The van der Waals surface area contributed by atoms with Crippen LogP contribution in [0.2, 0.25) is 0 Å². The predicted molar refractivity (Wildman–Crippen MR) is 88.3 cm³/mol. The Morgan fingerprint density at radius 2 is 2.19 bits per heavy atom. The van der Waals surface area contributed by atoms with Crippen LogP contribution >= 0.6 is 0 Å². The second kappa shape index (κ2) is 7.39. The van der Waals surface area contributed by atoms with Gasteiger partial charge in [-0.05, 0) is 17.7 Å². The average Bonchev–Trinajstić information content (AvgIpc) is 2.96. The van der Waals surface area contributed by atoms with E-state index in [2.05, 4.69) is 9.97 Å². The van der Waals surface area contributed by atoms with Crippen molar-refractivity contribution in [3.63, 3.8) is 0 Å². The number of hydrogen-bond donors (Lipinski definition) is 2. The van der Waals surface area contributed by atoms with Crippen molar-refractivity contribution >= 4 is 11.7 Å². The van der Waals surface area contributed by atoms with Gasteiger partial charge in [-0.2, -0.15) is 13.2 Å². The van der Waals surface area contributed by atoms with Gasteiger partial charge in [-0.1, -0.05) is 6.07 Å². The van der Waals surface area contributed by atoms with Crippen LogP contribution in [0.15, 0.2) is 35.4 Å². The average molecular weight is 383 g/mol. The molecule has 7 nitrogen and oxygen atoms in total. The zero-order chi connectivity index (χ0) is 19.6. The summed E-state index contributed by atoms with van der Waals surface area (Å²) in [6.07, 6.45) is -2.37. The summed E-state index contributed by atoms with van der Waals surface area (Å²) in [4.78, 5) is 30.2. The summed E-state index contributed by atoms with van der Waals surface area (Å²) in [5, 5.41) is 8.68. The standard InChI is InChI=1S/C17H16F3N3O4/c18-17(19,20)14-11(3-6-22-16(14)26)23-8-10-2-1-5-21-15(10)12(23)9-27-7-4-13(24)25/h1-3,5-6,12H,4,7-9H2,(H,22,26)(H,24,25). The first-order valence-corrected chi connectivity index (χ1v) is 8.08. The molecule has 0 saturated heterocycles. The quantitative estimate of drug-likeness (QED) is 0.744. The minimum Gasteiger partial charge on any atom is -0.481 e. The lowest BCUT2D eigenvalue weighted by Gasteiger charge is -2.28. The number of aromatic nitrogens is 2. The largest absolute Gasteiger partial charge is 0.481 e. The number of rotatable bonds is 6. The van der Waals surface area contributed by atoms with Gasteiger partial charge >= 0.3 is 12.1 Å². The fraction of sp³-hybridized carbons (Fsp3) is 0.353. The number of nitrogens with zero attached hydrogens (tertiary/aromatic N) is 2. The summed E-state index contributed by atoms with van der Waals surface area (Å²) in [6.45, 7) is -0.00655. The Balaban J connectivity index is 1.96. The fourth-order valence-corrected chi connectivity index (χ4v) is 3.08. The van der Waals surface area contributed by atoms with E-state index in [9.17, 15) is 22.8 Å². The van der Waals surface area contributed by atoms with E-state index >= 15 is 0 Å². The zero-order valence-electron chi connectivity index (χ0n) is 14.0. The Morgan fingerprint density at radius 1 is 1.41 bits per heavy atom. The lowest BCUT2D eigenvalue weighted by molar-refractivity contribution is -0.139. The monoisotopic (exact) mass is 383 g/mol. The van der Waals surface area contributed by atoms with E-state index in [1.807, 2.05) is 0 Å². The van der Waals surface area contributed by atoms with Crippen molar-refractivity contribution in [1.29, 1.82) is 0 Å². The summed E-state index contributed by atoms with van der Waals surface area (Å²) in [7, 11) is 0. The number of alkyl halides is 3. The maximum Gasteiger partial charge on any atom is 0.423 e. The molecule has 0 aromatic carbocycles. The van der Waals surface area contributed by atoms with Crippen molar-refractivity contribution in [2.75, 3.05) is 18.1 Å². The number of fused-ring (bicyclic) bond motifs is 1. The molecule has 0 amide bonds. The van der Waals surface area contributed by atoms with Crippen molar-refractivity contribution < 1.29 is 27.8 Å². The molecule has 0 fully saturated rings. The van der Waals surface area contributed by atoms with Gasteiger partial charge in [0.1, 0.15) is 5.56 Å². The van der Waals surface area contributed by atoms with Crippen LogP contribution in [0, 0.1) is 0 Å². The van der Waals surface area contributed by atoms with Gasteiger partial charge in [0.25, 0.3) is 5.56 Å². The Morgan fingerprint density at radius 3 is 2.89 bits per heavy atom. The summed E-state index contributed by atoms with van der Waals surface area (Å²) in [5.74, 6) is -1.04. The normalized spacial score (nSPS) is 16.4. The third-order valence-electron chi connectivity index (χ3n) is 4.23. The molecular weight excluding hydrogens is 367 g/mol. The number of pyridine rings is 2. The number of aliphatic carboxylic acids is 1. The molecule has 1 aliphatic rings. The smallest absolute Gasteiger partial charge is 0.423 e. The SMILES string of the molecule is O=C(O)CCOCC1c2ncccc2CN1c1cc[nH]c(=O)c1C(F)(F)F. The first-order chi connectivity index (χ1) is 12.8. The third-order valence-corrected chi connectivity index (χ3v) is 4.23. The number of carbonyl (C=O) groups is 1. The highest BCUT2D eigenvalue weighted by Gasteiger charge is 2.41. The topological polar surface area (TPSA) is 95.5 Å². The van der Waals surface area contributed by atoms with E-state index in [0.29, 0.717) is 5.69 Å². The van der Waals surface area contributed by atoms with Crippen LogP contribution in [0.5, 0.6) is 0 Å². The summed E-state index contributed by atoms with van der Waals surface area (Å²) >= 11 is 0. The van der Waals surface area contributed by atoms with Gasteiger partial charge in [0.2, 0.25) is 0 Å². The summed E-state index contributed by atoms with van der Waals surface area (Å²) < 4.78 is 45.7. The highest BCUT2D eigenvalue weighted by molar-refractivity contribution is 5.66. The van der Waals surface area contributed by atoms with Crippen LogP contribution in [0.4, 0.5) is 18.9 Å². The Bertz CT molecular complexity index is 897. The Hall–Kier alpha value is -2.88. The lowest BCUT2D eigenvalue weighted by Crippen LogP contribution is -2.32. The molecule has 2 N–H and O–H groups in total. The van der Waals surface area contributed by atoms with Gasteiger partial charge in [-0.3, -0.25) is 14.6 Å². The van der Waals surface area contributed by atoms with Crippen LogP contribution in [-0.4, -0.2) is 34.3 Å². The van der Waals surface area contributed by atoms with Crippen molar-refractivity contribution in [3.05, 3.63) is 57.8 Å². The van der Waals surface area contributed by atoms with Gasteiger partial charge in [0, 0.05) is 18.9 Å². The van der Waals surface area contributed by atoms with E-state index in [4.69, 9.17) is 9.84 Å². The van der Waals surface area contributed by atoms with Crippen LogP contribution in [0.3, 0.4) is 0 Å². The molecule has 27 heavy (non-hydrogen) atoms. The number of carboxylic acid groups (broad SMARTS) is 1. The van der Waals surface area contributed by atoms with Gasteiger partial charge in [0.05, 0.1) is 37.1 Å². The number of anilines is 1. The van der Waals surface area contributed by atoms with Gasteiger partial charge in [-0.25, -0.2) is 0 Å². The van der Waals surface area contributed by atoms with Crippen LogP contribution in [-0.2, 0) is 22.3 Å². The number of halogens is 3. The first-order valence-electron chi connectivity index (χ1n) is 8.08. The van der Waals surface area contributed by atoms with E-state index in [1.165, 1.54) is 17.2 Å². The fourth-order valence-electron chi connectivity index (χ4n) is 3.08. The molecule has 1 aliphatic heterocycles. The molecule has 3 rings (SSSR count). The molecule has 0 spiro atoms. The van der Waals surface area contributed by atoms with Crippen molar-refractivity contribution in [3.8, 4) is 0 Å². The van der Waals surface area contributed by atoms with E-state index < -0.39 is 29.3 Å². The number of carboxylic acids is 1. The molecule has 144 valence electrons. The number of ether oxygens (including phenoxy) is 1. The third kappa shape index (κ3) is 3.95. The lowest BCUT2D eigenvalue weighted by atomic mass is 10.1. The van der Waals surface area contributed by atoms with Crippen molar-refractivity contribution in [1.82, 2.24) is 9.97 Å². The molecule has 0 radical (unpaired) electrons. The second-order valence-electron chi connectivity index (χ2n) is 5.97. The second-order valence-corrected chi connectivity index (χ2v) is 5.97. The van der Waals surface area contributed by atoms with E-state index in [-0.39, 0.29) is 31.9 Å². The van der Waals surface area contributed by atoms with Crippen LogP contribution < -0.4 is 10.5 Å². The predicted octanol–water partition coefficient (Wildman–Crippen LogP) is 2.34. The highest BCUT2D eigenvalue weighted by atomic mass is 19.4. The number of aromatic amines is 1. The van der Waals surface area contributed by atoms with Crippen molar-refractivity contribution in [2.45, 2.75) is 25.2 Å². The molecule has 2 aromatic heterocycles. The molecule has 10 heteroatoms. The molecule has 3 heterocycles. The van der Waals surface area contributed by atoms with Crippen molar-refractivity contribution in [2.24, 2.45) is 0 Å². The van der Waals surface area contributed by atoms with Crippen LogP contribution in [0.25, 0.3) is 0 Å². The summed E-state index contributed by atoms with van der Waals surface area (Å²) in [6, 6.07) is 3.94. The number of hydrogen-bond acceptors (Lipinski definition) is 5.